The first-order chi connectivity index (χ1) is 8.71. The van der Waals surface area contributed by atoms with Crippen molar-refractivity contribution in [3.05, 3.63) is 40.5 Å². The van der Waals surface area contributed by atoms with Crippen molar-refractivity contribution in [2.45, 2.75) is 0 Å². The molecule has 1 aromatic carbocycles. The number of aromatic nitrogens is 2. The highest BCUT2D eigenvalue weighted by Gasteiger charge is 2.03. The van der Waals surface area contributed by atoms with Crippen LogP contribution < -0.4 is 16.6 Å². The lowest BCUT2D eigenvalue weighted by Gasteiger charge is -2.07. The van der Waals surface area contributed by atoms with E-state index in [4.69, 9.17) is 11.1 Å². The average Bonchev–Trinajstić information content (AvgIpc) is 2.41. The minimum atomic E-state index is 0.189. The van der Waals surface area contributed by atoms with Gasteiger partial charge in [0.25, 0.3) is 0 Å². The third kappa shape index (κ3) is 2.94. The second kappa shape index (κ2) is 5.44. The van der Waals surface area contributed by atoms with Gasteiger partial charge in [0.05, 0.1) is 0 Å². The zero-order chi connectivity index (χ0) is 13.0. The van der Waals surface area contributed by atoms with E-state index in [1.807, 2.05) is 30.3 Å². The van der Waals surface area contributed by atoms with Crippen molar-refractivity contribution >= 4 is 33.4 Å². The van der Waals surface area contributed by atoms with Gasteiger partial charge >= 0.3 is 0 Å². The molecule has 1 aromatic heterocycles. The smallest absolute Gasteiger partial charge is 0.240 e. The van der Waals surface area contributed by atoms with Crippen LogP contribution in [-0.4, -0.2) is 9.97 Å². The van der Waals surface area contributed by atoms with Gasteiger partial charge in [-0.05, 0) is 24.3 Å². The zero-order valence-electron chi connectivity index (χ0n) is 9.18. The molecule has 0 amide bonds. The van der Waals surface area contributed by atoms with Gasteiger partial charge in [-0.3, -0.25) is 5.43 Å². The van der Waals surface area contributed by atoms with Gasteiger partial charge in [0.15, 0.2) is 0 Å². The van der Waals surface area contributed by atoms with Gasteiger partial charge in [-0.2, -0.15) is 10.2 Å². The monoisotopic (exact) mass is 304 g/mol. The molecule has 4 N–H and O–H groups in total. The van der Waals surface area contributed by atoms with E-state index in [1.165, 1.54) is 0 Å². The Bertz CT molecular complexity index is 589. The van der Waals surface area contributed by atoms with Crippen molar-refractivity contribution in [3.63, 3.8) is 0 Å². The number of nitrogens with zero attached hydrogens (tertiary/aromatic N) is 3. The minimum Gasteiger partial charge on any atom is -0.340 e. The van der Waals surface area contributed by atoms with E-state index in [-0.39, 0.29) is 11.6 Å². The van der Waals surface area contributed by atoms with Crippen molar-refractivity contribution in [2.75, 3.05) is 10.7 Å². The molecule has 0 fully saturated rings. The number of nitriles is 1. The summed E-state index contributed by atoms with van der Waals surface area (Å²) in [7, 11) is 0. The van der Waals surface area contributed by atoms with E-state index in [2.05, 4.69) is 36.6 Å². The summed E-state index contributed by atoms with van der Waals surface area (Å²) in [5, 5.41) is 11.9. The molecular weight excluding hydrogens is 296 g/mol. The molecule has 0 spiro atoms. The number of benzene rings is 1. The Labute approximate surface area is 112 Å². The lowest BCUT2D eigenvalue weighted by atomic mass is 10.3. The second-order valence-corrected chi connectivity index (χ2v) is 4.27. The Balaban J connectivity index is 2.28. The van der Waals surface area contributed by atoms with Crippen molar-refractivity contribution in [2.24, 2.45) is 5.84 Å². The maximum Gasteiger partial charge on any atom is 0.240 e. The summed E-state index contributed by atoms with van der Waals surface area (Å²) in [6.45, 7) is 0. The Morgan fingerprint density at radius 3 is 2.56 bits per heavy atom. The molecule has 0 unspecified atom stereocenters. The minimum absolute atomic E-state index is 0.189. The number of hydrogen-bond donors (Lipinski definition) is 3. The first kappa shape index (κ1) is 12.3. The summed E-state index contributed by atoms with van der Waals surface area (Å²) >= 11 is 3.35. The zero-order valence-corrected chi connectivity index (χ0v) is 10.8. The predicted octanol–water partition coefficient (Wildman–Crippen LogP) is 2.14. The van der Waals surface area contributed by atoms with E-state index in [9.17, 15) is 0 Å². The van der Waals surface area contributed by atoms with E-state index in [0.717, 1.165) is 10.2 Å². The number of nitrogens with one attached hydrogen (secondary N) is 2. The molecule has 0 radical (unpaired) electrons. The fourth-order valence-electron chi connectivity index (χ4n) is 1.31. The van der Waals surface area contributed by atoms with Crippen LogP contribution in [0, 0.1) is 11.3 Å². The molecule has 7 heteroatoms. The van der Waals surface area contributed by atoms with Gasteiger partial charge in [0, 0.05) is 16.2 Å². The Morgan fingerprint density at radius 2 is 1.94 bits per heavy atom. The highest BCUT2D eigenvalue weighted by molar-refractivity contribution is 9.10. The molecule has 0 atom stereocenters. The SMILES string of the molecule is N#Cc1cc(Nc2ccc(Br)cc2)nc(NN)n1. The van der Waals surface area contributed by atoms with Gasteiger partial charge in [-0.1, -0.05) is 15.9 Å². The predicted molar refractivity (Wildman–Crippen MR) is 72.0 cm³/mol. The normalized spacial score (nSPS) is 9.61. The first-order valence-electron chi connectivity index (χ1n) is 4.99. The van der Waals surface area contributed by atoms with Crippen molar-refractivity contribution in [1.82, 2.24) is 9.97 Å². The lowest BCUT2D eigenvalue weighted by molar-refractivity contribution is 1.10. The second-order valence-electron chi connectivity index (χ2n) is 3.35. The van der Waals surface area contributed by atoms with Gasteiger partial charge in [0.2, 0.25) is 5.95 Å². The molecule has 6 nitrogen and oxygen atoms in total. The maximum absolute atomic E-state index is 8.84. The third-order valence-electron chi connectivity index (χ3n) is 2.09. The number of anilines is 3. The van der Waals surface area contributed by atoms with Crippen molar-refractivity contribution in [1.29, 1.82) is 5.26 Å². The van der Waals surface area contributed by atoms with E-state index in [0.29, 0.717) is 5.82 Å². The quantitative estimate of drug-likeness (QED) is 0.593. The largest absolute Gasteiger partial charge is 0.340 e. The fourth-order valence-corrected chi connectivity index (χ4v) is 1.58. The van der Waals surface area contributed by atoms with Crippen LogP contribution in [0.1, 0.15) is 5.69 Å². The highest BCUT2D eigenvalue weighted by atomic mass is 79.9. The van der Waals surface area contributed by atoms with Crippen LogP contribution in [0.5, 0.6) is 0 Å². The summed E-state index contributed by atoms with van der Waals surface area (Å²) in [4.78, 5) is 7.97. The topological polar surface area (TPSA) is 99.7 Å². The van der Waals surface area contributed by atoms with Crippen LogP contribution in [0.3, 0.4) is 0 Å². The number of halogens is 1. The average molecular weight is 305 g/mol. The number of nitrogens with two attached hydrogens (primary N) is 1. The van der Waals surface area contributed by atoms with E-state index in [1.54, 1.807) is 6.07 Å². The van der Waals surface area contributed by atoms with Crippen LogP contribution in [-0.2, 0) is 0 Å². The van der Waals surface area contributed by atoms with Crippen molar-refractivity contribution < 1.29 is 0 Å². The summed E-state index contributed by atoms with van der Waals surface area (Å²) in [6.07, 6.45) is 0. The summed E-state index contributed by atoms with van der Waals surface area (Å²) in [6, 6.07) is 11.1. The molecule has 0 bridgehead atoms. The standard InChI is InChI=1S/C11H9BrN6/c12-7-1-3-8(4-2-7)15-10-5-9(6-13)16-11(17-10)18-14/h1-5H,14H2,(H2,15,16,17,18). The molecule has 90 valence electrons. The molecular formula is C11H9BrN6. The summed E-state index contributed by atoms with van der Waals surface area (Å²) < 4.78 is 0.984. The molecule has 2 aromatic rings. The number of nitrogen functional groups attached to an aromatic ring is 1. The maximum atomic E-state index is 8.84. The van der Waals surface area contributed by atoms with Gasteiger partial charge in [0.1, 0.15) is 17.6 Å². The number of rotatable bonds is 3. The van der Waals surface area contributed by atoms with Gasteiger partial charge < -0.3 is 5.32 Å². The summed E-state index contributed by atoms with van der Waals surface area (Å²) in [5.41, 5.74) is 3.40. The molecule has 0 saturated heterocycles. The lowest BCUT2D eigenvalue weighted by Crippen LogP contribution is -2.12. The van der Waals surface area contributed by atoms with Crippen LogP contribution in [0.4, 0.5) is 17.5 Å². The van der Waals surface area contributed by atoms with E-state index >= 15 is 0 Å². The van der Waals surface area contributed by atoms with E-state index < -0.39 is 0 Å². The van der Waals surface area contributed by atoms with Gasteiger partial charge in [-0.25, -0.2) is 10.8 Å². The molecule has 0 aliphatic heterocycles. The first-order valence-corrected chi connectivity index (χ1v) is 5.79. The summed E-state index contributed by atoms with van der Waals surface area (Å²) in [5.74, 6) is 5.92. The number of hydrogen-bond acceptors (Lipinski definition) is 6. The Morgan fingerprint density at radius 1 is 1.22 bits per heavy atom. The van der Waals surface area contributed by atoms with Gasteiger partial charge in [-0.15, -0.1) is 0 Å². The number of hydrazine groups is 1. The van der Waals surface area contributed by atoms with Crippen LogP contribution in [0.15, 0.2) is 34.8 Å². The molecule has 2 rings (SSSR count). The molecule has 0 saturated carbocycles. The molecule has 18 heavy (non-hydrogen) atoms. The highest BCUT2D eigenvalue weighted by Crippen LogP contribution is 2.19. The Kier molecular flexibility index (Phi) is 3.72. The molecule has 1 heterocycles. The molecule has 0 aliphatic rings. The van der Waals surface area contributed by atoms with Crippen molar-refractivity contribution in [3.8, 4) is 6.07 Å². The fraction of sp³-hybridized carbons (Fsp3) is 0. The third-order valence-corrected chi connectivity index (χ3v) is 2.62. The van der Waals surface area contributed by atoms with Crippen LogP contribution in [0.25, 0.3) is 0 Å². The Hall–Kier alpha value is -2.17. The molecule has 0 aliphatic carbocycles. The van der Waals surface area contributed by atoms with Crippen LogP contribution in [0.2, 0.25) is 0 Å². The van der Waals surface area contributed by atoms with Crippen LogP contribution >= 0.6 is 15.9 Å².